The molecule has 184 valence electrons. The van der Waals surface area contributed by atoms with Gasteiger partial charge in [-0.25, -0.2) is 0 Å². The lowest BCUT2D eigenvalue weighted by Gasteiger charge is -2.28. The van der Waals surface area contributed by atoms with Crippen molar-refractivity contribution in [2.75, 3.05) is 7.05 Å². The number of benzene rings is 3. The van der Waals surface area contributed by atoms with Gasteiger partial charge >= 0.3 is 5.97 Å². The maximum atomic E-state index is 13.5. The molecule has 3 aromatic carbocycles. The van der Waals surface area contributed by atoms with Crippen LogP contribution in [0.25, 0.3) is 0 Å². The van der Waals surface area contributed by atoms with Gasteiger partial charge in [0, 0.05) is 11.5 Å². The second-order valence-electron chi connectivity index (χ2n) is 8.80. The molecule has 0 saturated carbocycles. The summed E-state index contributed by atoms with van der Waals surface area (Å²) in [5.74, 6) is 4.11. The number of ether oxygens (including phenoxy) is 2. The zero-order chi connectivity index (χ0) is 25.7. The summed E-state index contributed by atoms with van der Waals surface area (Å²) in [6, 6.07) is 24.5. The fourth-order valence-electron chi connectivity index (χ4n) is 4.37. The first-order valence-corrected chi connectivity index (χ1v) is 12.6. The molecule has 1 aliphatic heterocycles. The minimum absolute atomic E-state index is 0.298. The highest BCUT2D eigenvalue weighted by Gasteiger charge is 2.45. The zero-order valence-electron chi connectivity index (χ0n) is 20.5. The number of halogens is 1. The highest BCUT2D eigenvalue weighted by molar-refractivity contribution is 9.10. The Balaban J connectivity index is 1.57. The fraction of sp³-hybridized carbons (Fsp3) is 0.267. The Morgan fingerprint density at radius 2 is 1.75 bits per heavy atom. The molecule has 1 heterocycles. The smallest absolute Gasteiger partial charge is 0.320 e. The first-order chi connectivity index (χ1) is 17.4. The van der Waals surface area contributed by atoms with Gasteiger partial charge in [-0.3, -0.25) is 9.59 Å². The first kappa shape index (κ1) is 25.5. The van der Waals surface area contributed by atoms with Crippen LogP contribution in [0, 0.1) is 17.8 Å². The molecule has 3 aromatic rings. The lowest BCUT2D eigenvalue weighted by atomic mass is 9.85. The van der Waals surface area contributed by atoms with E-state index in [-0.39, 0.29) is 11.9 Å². The third-order valence-electron chi connectivity index (χ3n) is 6.45. The molecular weight excluding hydrogens is 518 g/mol. The van der Waals surface area contributed by atoms with Gasteiger partial charge in [-0.05, 0) is 54.8 Å². The number of likely N-dealkylation sites (N-methyl/N-ethyl adjacent to an activating group) is 1. The quantitative estimate of drug-likeness (QED) is 0.220. The summed E-state index contributed by atoms with van der Waals surface area (Å²) in [5, 5.41) is 0. The van der Waals surface area contributed by atoms with Crippen LogP contribution in [0.4, 0.5) is 0 Å². The van der Waals surface area contributed by atoms with Gasteiger partial charge in [0.05, 0.1) is 12.0 Å². The Morgan fingerprint density at radius 3 is 2.42 bits per heavy atom. The van der Waals surface area contributed by atoms with Crippen LogP contribution in [0.15, 0.2) is 83.3 Å². The maximum absolute atomic E-state index is 13.5. The standard InChI is InChI=1S/C30H28BrNO4/c1-4-9-26(22-14-16-25(17-15-22)35-19-21-10-8-13-24(31)18-21)27-29(33)32(3)20(2)28(36-30(27)34)23-11-6-5-7-12-23/h5-8,10-18,20,26-28H,19H2,1-3H3/t20-,26+,27?,28-/m0/s1. The van der Waals surface area contributed by atoms with Crippen molar-refractivity contribution >= 4 is 27.8 Å². The number of hydrogen-bond donors (Lipinski definition) is 0. The molecule has 0 bridgehead atoms. The van der Waals surface area contributed by atoms with Crippen molar-refractivity contribution in [2.24, 2.45) is 5.92 Å². The van der Waals surface area contributed by atoms with Crippen LogP contribution < -0.4 is 4.74 Å². The average molecular weight is 546 g/mol. The Kier molecular flexibility index (Phi) is 8.12. The van der Waals surface area contributed by atoms with Gasteiger partial charge in [0.1, 0.15) is 18.5 Å². The van der Waals surface area contributed by atoms with Crippen molar-refractivity contribution in [3.05, 3.63) is 100 Å². The summed E-state index contributed by atoms with van der Waals surface area (Å²) >= 11 is 3.47. The molecule has 0 aliphatic carbocycles. The molecule has 1 amide bonds. The molecule has 1 unspecified atom stereocenters. The molecule has 4 rings (SSSR count). The zero-order valence-corrected chi connectivity index (χ0v) is 22.1. The van der Waals surface area contributed by atoms with Gasteiger partial charge in [-0.15, -0.1) is 5.92 Å². The van der Waals surface area contributed by atoms with Crippen molar-refractivity contribution in [3.8, 4) is 17.6 Å². The van der Waals surface area contributed by atoms with Gasteiger partial charge in [0.25, 0.3) is 0 Å². The topological polar surface area (TPSA) is 55.8 Å². The molecule has 0 radical (unpaired) electrons. The lowest BCUT2D eigenvalue weighted by Crippen LogP contribution is -2.41. The Hall–Kier alpha value is -3.56. The van der Waals surface area contributed by atoms with Crippen molar-refractivity contribution in [3.63, 3.8) is 0 Å². The Labute approximate surface area is 220 Å². The van der Waals surface area contributed by atoms with Crippen molar-refractivity contribution < 1.29 is 19.1 Å². The van der Waals surface area contributed by atoms with E-state index in [0.717, 1.165) is 21.2 Å². The van der Waals surface area contributed by atoms with E-state index < -0.39 is 23.9 Å². The second kappa shape index (κ2) is 11.5. The van der Waals surface area contributed by atoms with E-state index in [4.69, 9.17) is 9.47 Å². The minimum Gasteiger partial charge on any atom is -0.489 e. The van der Waals surface area contributed by atoms with E-state index in [1.54, 1.807) is 18.9 Å². The fourth-order valence-corrected chi connectivity index (χ4v) is 4.81. The predicted molar refractivity (Wildman–Crippen MR) is 142 cm³/mol. The molecule has 1 saturated heterocycles. The Bertz CT molecular complexity index is 1280. The van der Waals surface area contributed by atoms with Crippen LogP contribution in [-0.4, -0.2) is 29.9 Å². The number of rotatable bonds is 6. The third-order valence-corrected chi connectivity index (χ3v) is 6.95. The van der Waals surface area contributed by atoms with E-state index in [1.165, 1.54) is 0 Å². The van der Waals surface area contributed by atoms with Crippen molar-refractivity contribution in [1.29, 1.82) is 0 Å². The Morgan fingerprint density at radius 1 is 1.03 bits per heavy atom. The number of hydrogen-bond acceptors (Lipinski definition) is 4. The number of carbonyl (C=O) groups excluding carboxylic acids is 2. The summed E-state index contributed by atoms with van der Waals surface area (Å²) in [5.41, 5.74) is 2.65. The van der Waals surface area contributed by atoms with Gasteiger partial charge in [-0.2, -0.15) is 0 Å². The number of nitrogens with zero attached hydrogens (tertiary/aromatic N) is 1. The van der Waals surface area contributed by atoms with Crippen molar-refractivity contribution in [2.45, 2.75) is 38.5 Å². The van der Waals surface area contributed by atoms with Crippen LogP contribution >= 0.6 is 15.9 Å². The molecule has 1 fully saturated rings. The number of esters is 1. The van der Waals surface area contributed by atoms with Crippen LogP contribution in [0.5, 0.6) is 5.75 Å². The molecular formula is C30H28BrNO4. The molecule has 0 aromatic heterocycles. The predicted octanol–water partition coefficient (Wildman–Crippen LogP) is 5.90. The number of cyclic esters (lactones) is 1. The average Bonchev–Trinajstić information content (AvgIpc) is 2.97. The highest BCUT2D eigenvalue weighted by atomic mass is 79.9. The van der Waals surface area contributed by atoms with Crippen LogP contribution in [0.2, 0.25) is 0 Å². The highest BCUT2D eigenvalue weighted by Crippen LogP contribution is 2.36. The van der Waals surface area contributed by atoms with E-state index in [1.807, 2.05) is 85.8 Å². The number of amides is 1. The summed E-state index contributed by atoms with van der Waals surface area (Å²) in [6.45, 7) is 4.02. The summed E-state index contributed by atoms with van der Waals surface area (Å²) in [4.78, 5) is 28.5. The monoisotopic (exact) mass is 545 g/mol. The van der Waals surface area contributed by atoms with Gasteiger partial charge in [0.2, 0.25) is 5.91 Å². The van der Waals surface area contributed by atoms with E-state index in [2.05, 4.69) is 27.8 Å². The van der Waals surface area contributed by atoms with Gasteiger partial charge in [0.15, 0.2) is 5.92 Å². The van der Waals surface area contributed by atoms with Crippen LogP contribution in [0.3, 0.4) is 0 Å². The third kappa shape index (κ3) is 5.63. The summed E-state index contributed by atoms with van der Waals surface area (Å²) in [6.07, 6.45) is -0.554. The largest absolute Gasteiger partial charge is 0.489 e. The van der Waals surface area contributed by atoms with Crippen LogP contribution in [-0.2, 0) is 20.9 Å². The molecule has 6 heteroatoms. The molecule has 36 heavy (non-hydrogen) atoms. The normalized spacial score (nSPS) is 20.6. The molecule has 5 nitrogen and oxygen atoms in total. The van der Waals surface area contributed by atoms with Gasteiger partial charge in [-0.1, -0.05) is 76.4 Å². The maximum Gasteiger partial charge on any atom is 0.320 e. The minimum atomic E-state index is -1.06. The van der Waals surface area contributed by atoms with E-state index in [0.29, 0.717) is 12.4 Å². The van der Waals surface area contributed by atoms with Gasteiger partial charge < -0.3 is 14.4 Å². The molecule has 4 atom stereocenters. The van der Waals surface area contributed by atoms with Crippen molar-refractivity contribution in [1.82, 2.24) is 4.90 Å². The SMILES string of the molecule is CC#C[C@H](c1ccc(OCc2cccc(Br)c2)cc1)C1C(=O)O[C@H](c2ccccc2)[C@H](C)N(C)C1=O. The second-order valence-corrected chi connectivity index (χ2v) is 9.71. The molecule has 0 spiro atoms. The van der Waals surface area contributed by atoms with E-state index >= 15 is 0 Å². The first-order valence-electron chi connectivity index (χ1n) is 11.8. The summed E-state index contributed by atoms with van der Waals surface area (Å²) in [7, 11) is 1.72. The number of carbonyl (C=O) groups is 2. The van der Waals surface area contributed by atoms with Crippen LogP contribution in [0.1, 0.15) is 42.6 Å². The lowest BCUT2D eigenvalue weighted by molar-refractivity contribution is -0.155. The summed E-state index contributed by atoms with van der Waals surface area (Å²) < 4.78 is 12.8. The molecule has 0 N–H and O–H groups in total. The van der Waals surface area contributed by atoms with E-state index in [9.17, 15) is 9.59 Å². The molecule has 1 aliphatic rings.